The highest BCUT2D eigenvalue weighted by atomic mass is 16.6. The molecule has 2 aromatic heterocycles. The number of ether oxygens (including phenoxy) is 1. The number of hydrogen-bond donors (Lipinski definition) is 2. The summed E-state index contributed by atoms with van der Waals surface area (Å²) in [6.45, 7) is -0.417. The van der Waals surface area contributed by atoms with Crippen molar-refractivity contribution >= 4 is 23.3 Å². The van der Waals surface area contributed by atoms with Crippen molar-refractivity contribution in [3.05, 3.63) is 68.5 Å². The van der Waals surface area contributed by atoms with Crippen LogP contribution in [0.3, 0.4) is 0 Å². The number of hydrogen-bond acceptors (Lipinski definition) is 11. The molecule has 33 heavy (non-hydrogen) atoms. The Labute approximate surface area is 183 Å². The van der Waals surface area contributed by atoms with Gasteiger partial charge in [0, 0.05) is 19.2 Å². The lowest BCUT2D eigenvalue weighted by molar-refractivity contribution is -0.389. The smallest absolute Gasteiger partial charge is 0.389 e. The molecule has 0 aliphatic rings. The Morgan fingerprint density at radius 1 is 1.09 bits per heavy atom. The summed E-state index contributed by atoms with van der Waals surface area (Å²) in [5.74, 6) is -1.87. The average molecular weight is 460 g/mol. The predicted molar refractivity (Wildman–Crippen MR) is 106 cm³/mol. The highest BCUT2D eigenvalue weighted by Gasteiger charge is 2.18. The largest absolute Gasteiger partial charge is 0.477 e. The summed E-state index contributed by atoms with van der Waals surface area (Å²) < 4.78 is 11.2. The molecule has 0 aliphatic heterocycles. The topological polar surface area (TPSA) is 210 Å². The van der Waals surface area contributed by atoms with Gasteiger partial charge < -0.3 is 30.0 Å². The summed E-state index contributed by atoms with van der Waals surface area (Å²) in [6, 6.07) is 6.85. The SMILES string of the molecule is O=C(COc1ccccc1[N+](=O)[O-])NCCNC(=O)c1nc(Cn2ccc([N+](=O)[O-])n2)no1. The summed E-state index contributed by atoms with van der Waals surface area (Å²) in [5.41, 5.74) is -0.262. The standard InChI is InChI=1S/C17H16N8O8/c26-15(10-32-12-4-2-1-3-11(12)24(28)29)18-6-7-19-16(27)17-20-13(22-33-17)9-23-8-5-14(21-23)25(30)31/h1-5,8H,6-7,9-10H2,(H,18,26)(H,19,27). The van der Waals surface area contributed by atoms with Gasteiger partial charge in [0.2, 0.25) is 0 Å². The first-order valence-electron chi connectivity index (χ1n) is 9.25. The summed E-state index contributed by atoms with van der Waals surface area (Å²) >= 11 is 0. The van der Waals surface area contributed by atoms with Crippen LogP contribution in [-0.2, 0) is 11.3 Å². The second-order valence-corrected chi connectivity index (χ2v) is 6.26. The van der Waals surface area contributed by atoms with Crippen molar-refractivity contribution in [2.45, 2.75) is 6.54 Å². The lowest BCUT2D eigenvalue weighted by Crippen LogP contribution is -2.36. The zero-order valence-corrected chi connectivity index (χ0v) is 16.7. The van der Waals surface area contributed by atoms with Crippen molar-refractivity contribution < 1.29 is 28.7 Å². The van der Waals surface area contributed by atoms with Gasteiger partial charge in [0.25, 0.3) is 5.91 Å². The van der Waals surface area contributed by atoms with E-state index in [2.05, 4.69) is 25.9 Å². The molecule has 172 valence electrons. The van der Waals surface area contributed by atoms with Crippen molar-refractivity contribution in [2.75, 3.05) is 19.7 Å². The minimum absolute atomic E-state index is 0.0269. The van der Waals surface area contributed by atoms with Crippen molar-refractivity contribution in [2.24, 2.45) is 0 Å². The molecular formula is C17H16N8O8. The third kappa shape index (κ3) is 6.29. The zero-order chi connectivity index (χ0) is 23.8. The quantitative estimate of drug-likeness (QED) is 0.222. The molecule has 2 N–H and O–H groups in total. The zero-order valence-electron chi connectivity index (χ0n) is 16.7. The van der Waals surface area contributed by atoms with E-state index in [0.29, 0.717) is 0 Å². The maximum Gasteiger partial charge on any atom is 0.389 e. The second kappa shape index (κ2) is 10.4. The summed E-state index contributed by atoms with van der Waals surface area (Å²) in [4.78, 5) is 48.0. The maximum atomic E-state index is 12.0. The highest BCUT2D eigenvalue weighted by molar-refractivity contribution is 5.89. The molecule has 3 rings (SSSR count). The van der Waals surface area contributed by atoms with Gasteiger partial charge in [-0.25, -0.2) is 0 Å². The van der Waals surface area contributed by atoms with Gasteiger partial charge in [-0.05, 0) is 11.0 Å². The molecule has 0 fully saturated rings. The first-order valence-corrected chi connectivity index (χ1v) is 9.25. The first-order chi connectivity index (χ1) is 15.8. The normalized spacial score (nSPS) is 10.4. The number of amides is 2. The number of aromatic nitrogens is 4. The van der Waals surface area contributed by atoms with Crippen LogP contribution in [0.2, 0.25) is 0 Å². The third-order valence-corrected chi connectivity index (χ3v) is 3.93. The number of nitro groups is 2. The van der Waals surface area contributed by atoms with Crippen LogP contribution >= 0.6 is 0 Å². The molecule has 3 aromatic rings. The monoisotopic (exact) mass is 460 g/mol. The first kappa shape index (κ1) is 22.8. The van der Waals surface area contributed by atoms with Crippen molar-refractivity contribution in [3.63, 3.8) is 0 Å². The van der Waals surface area contributed by atoms with Crippen LogP contribution in [0, 0.1) is 20.2 Å². The van der Waals surface area contributed by atoms with E-state index >= 15 is 0 Å². The number of rotatable bonds is 11. The fraction of sp³-hybridized carbons (Fsp3) is 0.235. The number of carbonyl (C=O) groups is 2. The molecule has 0 aliphatic carbocycles. The van der Waals surface area contributed by atoms with Crippen LogP contribution in [0.1, 0.15) is 16.5 Å². The Kier molecular flexibility index (Phi) is 7.20. The Morgan fingerprint density at radius 3 is 2.58 bits per heavy atom. The van der Waals surface area contributed by atoms with Crippen molar-refractivity contribution in [3.8, 4) is 5.75 Å². The van der Waals surface area contributed by atoms with Gasteiger partial charge in [-0.3, -0.25) is 19.7 Å². The van der Waals surface area contributed by atoms with Gasteiger partial charge in [0.1, 0.15) is 6.54 Å². The summed E-state index contributed by atoms with van der Waals surface area (Å²) in [5, 5.41) is 33.8. The van der Waals surface area contributed by atoms with E-state index in [1.54, 1.807) is 0 Å². The van der Waals surface area contributed by atoms with Gasteiger partial charge in [-0.15, -0.1) is 0 Å². The summed E-state index contributed by atoms with van der Waals surface area (Å²) in [6.07, 6.45) is 1.36. The third-order valence-electron chi connectivity index (χ3n) is 3.93. The molecule has 0 saturated heterocycles. The number of nitrogens with zero attached hydrogens (tertiary/aromatic N) is 6. The van der Waals surface area contributed by atoms with Crippen LogP contribution in [0.15, 0.2) is 41.1 Å². The fourth-order valence-electron chi connectivity index (χ4n) is 2.47. The van der Waals surface area contributed by atoms with Crippen LogP contribution < -0.4 is 15.4 Å². The van der Waals surface area contributed by atoms with Crippen molar-refractivity contribution in [1.29, 1.82) is 0 Å². The molecular weight excluding hydrogens is 444 g/mol. The molecule has 0 unspecified atom stereocenters. The summed E-state index contributed by atoms with van der Waals surface area (Å²) in [7, 11) is 0. The Morgan fingerprint density at radius 2 is 1.85 bits per heavy atom. The predicted octanol–water partition coefficient (Wildman–Crippen LogP) is 0.0558. The van der Waals surface area contributed by atoms with Gasteiger partial charge in [0.05, 0.1) is 22.3 Å². The van der Waals surface area contributed by atoms with Crippen LogP contribution in [0.4, 0.5) is 11.5 Å². The lowest BCUT2D eigenvalue weighted by Gasteiger charge is -2.08. The van der Waals surface area contributed by atoms with E-state index in [1.165, 1.54) is 41.2 Å². The Bertz CT molecular complexity index is 1170. The van der Waals surface area contributed by atoms with E-state index in [-0.39, 0.29) is 48.6 Å². The van der Waals surface area contributed by atoms with Gasteiger partial charge in [0.15, 0.2) is 18.2 Å². The van der Waals surface area contributed by atoms with Gasteiger partial charge in [-0.1, -0.05) is 17.3 Å². The van der Waals surface area contributed by atoms with Crippen LogP contribution in [0.5, 0.6) is 5.75 Å². The number of nitro benzene ring substituents is 1. The Hall–Kier alpha value is -4.89. The number of carbonyl (C=O) groups excluding carboxylic acids is 2. The molecule has 0 bridgehead atoms. The average Bonchev–Trinajstić information content (AvgIpc) is 3.45. The molecule has 0 saturated carbocycles. The number of para-hydroxylation sites is 2. The minimum atomic E-state index is -0.689. The van der Waals surface area contributed by atoms with E-state index in [9.17, 15) is 29.8 Å². The van der Waals surface area contributed by atoms with E-state index < -0.39 is 28.3 Å². The Balaban J connectivity index is 1.38. The molecule has 1 aromatic carbocycles. The number of benzene rings is 1. The lowest BCUT2D eigenvalue weighted by atomic mass is 10.3. The number of nitrogens with one attached hydrogen (secondary N) is 2. The van der Waals surface area contributed by atoms with Crippen LogP contribution in [-0.4, -0.2) is 61.3 Å². The van der Waals surface area contributed by atoms with Crippen molar-refractivity contribution in [1.82, 2.24) is 30.6 Å². The minimum Gasteiger partial charge on any atom is -0.477 e. The molecule has 0 radical (unpaired) electrons. The molecule has 0 atom stereocenters. The fourth-order valence-corrected chi connectivity index (χ4v) is 2.47. The van der Waals surface area contributed by atoms with E-state index in [0.717, 1.165) is 0 Å². The highest BCUT2D eigenvalue weighted by Crippen LogP contribution is 2.25. The van der Waals surface area contributed by atoms with Crippen LogP contribution in [0.25, 0.3) is 0 Å². The molecule has 16 heteroatoms. The molecule has 16 nitrogen and oxygen atoms in total. The maximum absolute atomic E-state index is 12.0. The second-order valence-electron chi connectivity index (χ2n) is 6.26. The van der Waals surface area contributed by atoms with E-state index in [4.69, 9.17) is 9.26 Å². The van der Waals surface area contributed by atoms with Gasteiger partial charge in [-0.2, -0.15) is 9.67 Å². The molecule has 2 heterocycles. The molecule has 2 amide bonds. The van der Waals surface area contributed by atoms with Gasteiger partial charge >= 0.3 is 23.3 Å². The van der Waals surface area contributed by atoms with E-state index in [1.807, 2.05) is 0 Å². The molecule has 0 spiro atoms.